The summed E-state index contributed by atoms with van der Waals surface area (Å²) in [6.07, 6.45) is -4.49. The lowest BCUT2D eigenvalue weighted by Crippen LogP contribution is -2.12. The number of carbonyl (C=O) groups is 1. The molecule has 2 N–H and O–H groups in total. The SMILES string of the molecule is O=C(Nc1ccc2cc(-c3ccccc3C(F)(F)F)[nH]c2n1)c1ccc(F)cc1. The first-order valence-electron chi connectivity index (χ1n) is 8.54. The molecule has 0 aliphatic carbocycles. The van der Waals surface area contributed by atoms with E-state index in [0.29, 0.717) is 11.0 Å². The molecule has 29 heavy (non-hydrogen) atoms. The number of amides is 1. The molecule has 0 atom stereocenters. The normalized spacial score (nSPS) is 11.6. The number of rotatable bonds is 3. The molecule has 0 aliphatic heterocycles. The molecule has 2 heterocycles. The van der Waals surface area contributed by atoms with Crippen molar-refractivity contribution in [3.05, 3.63) is 83.7 Å². The fraction of sp³-hybridized carbons (Fsp3) is 0.0476. The molecule has 1 amide bonds. The van der Waals surface area contributed by atoms with Crippen LogP contribution in [0, 0.1) is 5.82 Å². The summed E-state index contributed by atoms with van der Waals surface area (Å²) in [5, 5.41) is 3.18. The van der Waals surface area contributed by atoms with Gasteiger partial charge in [0.1, 0.15) is 17.3 Å². The number of nitrogens with one attached hydrogen (secondary N) is 2. The molecule has 4 rings (SSSR count). The third-order valence-corrected chi connectivity index (χ3v) is 4.35. The highest BCUT2D eigenvalue weighted by molar-refractivity contribution is 6.04. The number of nitrogens with zero attached hydrogens (tertiary/aromatic N) is 1. The van der Waals surface area contributed by atoms with Crippen LogP contribution in [0.15, 0.2) is 66.7 Å². The minimum Gasteiger partial charge on any atom is -0.339 e. The smallest absolute Gasteiger partial charge is 0.339 e. The number of anilines is 1. The summed E-state index contributed by atoms with van der Waals surface area (Å²) in [7, 11) is 0. The van der Waals surface area contributed by atoms with E-state index in [9.17, 15) is 22.4 Å². The molecule has 2 aromatic carbocycles. The number of benzene rings is 2. The van der Waals surface area contributed by atoms with Crippen molar-refractivity contribution in [1.29, 1.82) is 0 Å². The largest absolute Gasteiger partial charge is 0.417 e. The van der Waals surface area contributed by atoms with Crippen molar-refractivity contribution in [3.8, 4) is 11.3 Å². The third-order valence-electron chi connectivity index (χ3n) is 4.35. The maximum absolute atomic E-state index is 13.3. The average molecular weight is 399 g/mol. The van der Waals surface area contributed by atoms with Gasteiger partial charge in [0.15, 0.2) is 0 Å². The van der Waals surface area contributed by atoms with Gasteiger partial charge in [-0.1, -0.05) is 18.2 Å². The van der Waals surface area contributed by atoms with Crippen LogP contribution in [0.3, 0.4) is 0 Å². The highest BCUT2D eigenvalue weighted by atomic mass is 19.4. The van der Waals surface area contributed by atoms with Crippen LogP contribution in [-0.2, 0) is 6.18 Å². The zero-order valence-electron chi connectivity index (χ0n) is 14.7. The van der Waals surface area contributed by atoms with E-state index in [1.807, 2.05) is 0 Å². The number of H-pyrrole nitrogens is 1. The van der Waals surface area contributed by atoms with Crippen molar-refractivity contribution in [1.82, 2.24) is 9.97 Å². The number of alkyl halides is 3. The number of carbonyl (C=O) groups excluding carboxylic acids is 1. The van der Waals surface area contributed by atoms with Gasteiger partial charge in [0.25, 0.3) is 5.91 Å². The molecule has 8 heteroatoms. The van der Waals surface area contributed by atoms with Crippen LogP contribution in [-0.4, -0.2) is 15.9 Å². The molecule has 0 unspecified atom stereocenters. The van der Waals surface area contributed by atoms with Crippen LogP contribution >= 0.6 is 0 Å². The van der Waals surface area contributed by atoms with E-state index in [-0.39, 0.29) is 22.6 Å². The first kappa shape index (κ1) is 18.7. The van der Waals surface area contributed by atoms with Gasteiger partial charge in [0, 0.05) is 22.2 Å². The van der Waals surface area contributed by atoms with Crippen molar-refractivity contribution in [2.75, 3.05) is 5.32 Å². The Kier molecular flexibility index (Phi) is 4.54. The lowest BCUT2D eigenvalue weighted by molar-refractivity contribution is -0.137. The molecule has 0 saturated heterocycles. The van der Waals surface area contributed by atoms with Crippen LogP contribution in [0.1, 0.15) is 15.9 Å². The Balaban J connectivity index is 1.65. The molecular weight excluding hydrogens is 386 g/mol. The second kappa shape index (κ2) is 7.05. The lowest BCUT2D eigenvalue weighted by atomic mass is 10.0. The third kappa shape index (κ3) is 3.82. The van der Waals surface area contributed by atoms with Gasteiger partial charge in [-0.2, -0.15) is 13.2 Å². The van der Waals surface area contributed by atoms with Crippen LogP contribution in [0.5, 0.6) is 0 Å². The Morgan fingerprint density at radius 3 is 2.41 bits per heavy atom. The Morgan fingerprint density at radius 2 is 1.69 bits per heavy atom. The molecule has 4 aromatic rings. The van der Waals surface area contributed by atoms with E-state index in [0.717, 1.165) is 6.07 Å². The molecule has 0 fully saturated rings. The van der Waals surface area contributed by atoms with Crippen LogP contribution in [0.4, 0.5) is 23.4 Å². The molecule has 0 aliphatic rings. The summed E-state index contributed by atoms with van der Waals surface area (Å²) in [6, 6.07) is 15.0. The average Bonchev–Trinajstić information content (AvgIpc) is 3.11. The standard InChI is InChI=1S/C21H13F4N3O/c22-14-8-5-12(6-9-14)20(29)28-18-10-7-13-11-17(26-19(13)27-18)15-3-1-2-4-16(15)21(23,24)25/h1-11H,(H2,26,27,28,29). The number of aromatic nitrogens is 2. The number of fused-ring (bicyclic) bond motifs is 1. The molecule has 0 spiro atoms. The molecule has 0 saturated carbocycles. The predicted octanol–water partition coefficient (Wildman–Crippen LogP) is 5.64. The maximum Gasteiger partial charge on any atom is 0.417 e. The van der Waals surface area contributed by atoms with Gasteiger partial charge in [-0.25, -0.2) is 9.37 Å². The number of hydrogen-bond acceptors (Lipinski definition) is 2. The number of pyridine rings is 1. The van der Waals surface area contributed by atoms with Crippen LogP contribution < -0.4 is 5.32 Å². The minimum atomic E-state index is -4.49. The van der Waals surface area contributed by atoms with Crippen molar-refractivity contribution in [3.63, 3.8) is 0 Å². The predicted molar refractivity (Wildman–Crippen MR) is 101 cm³/mol. The monoisotopic (exact) mass is 399 g/mol. The van der Waals surface area contributed by atoms with Crippen molar-refractivity contribution in [2.45, 2.75) is 6.18 Å². The summed E-state index contributed by atoms with van der Waals surface area (Å²) in [4.78, 5) is 19.4. The van der Waals surface area contributed by atoms with Gasteiger partial charge < -0.3 is 10.3 Å². The molecule has 146 valence electrons. The van der Waals surface area contributed by atoms with Crippen LogP contribution in [0.2, 0.25) is 0 Å². The van der Waals surface area contributed by atoms with E-state index < -0.39 is 23.5 Å². The quantitative estimate of drug-likeness (QED) is 0.438. The van der Waals surface area contributed by atoms with Gasteiger partial charge >= 0.3 is 6.18 Å². The van der Waals surface area contributed by atoms with Gasteiger partial charge in [0.05, 0.1) is 5.56 Å². The zero-order chi connectivity index (χ0) is 20.6. The lowest BCUT2D eigenvalue weighted by Gasteiger charge is -2.11. The number of aromatic amines is 1. The first-order chi connectivity index (χ1) is 13.8. The maximum atomic E-state index is 13.3. The van der Waals surface area contributed by atoms with E-state index in [1.165, 1.54) is 48.5 Å². The molecule has 4 nitrogen and oxygen atoms in total. The second-order valence-corrected chi connectivity index (χ2v) is 6.32. The summed E-state index contributed by atoms with van der Waals surface area (Å²) in [5.74, 6) is -0.727. The fourth-order valence-corrected chi connectivity index (χ4v) is 2.98. The summed E-state index contributed by atoms with van der Waals surface area (Å²) in [6.45, 7) is 0. The summed E-state index contributed by atoms with van der Waals surface area (Å²) < 4.78 is 52.8. The minimum absolute atomic E-state index is 0.00916. The number of halogens is 4. The Morgan fingerprint density at radius 1 is 0.966 bits per heavy atom. The topological polar surface area (TPSA) is 57.8 Å². The van der Waals surface area contributed by atoms with E-state index in [4.69, 9.17) is 0 Å². The van der Waals surface area contributed by atoms with Crippen molar-refractivity contribution < 1.29 is 22.4 Å². The van der Waals surface area contributed by atoms with Crippen LogP contribution in [0.25, 0.3) is 22.3 Å². The van der Waals surface area contributed by atoms with E-state index in [2.05, 4.69) is 15.3 Å². The second-order valence-electron chi connectivity index (χ2n) is 6.32. The highest BCUT2D eigenvalue weighted by Gasteiger charge is 2.33. The number of hydrogen-bond donors (Lipinski definition) is 2. The highest BCUT2D eigenvalue weighted by Crippen LogP contribution is 2.37. The van der Waals surface area contributed by atoms with Gasteiger partial charge in [-0.3, -0.25) is 4.79 Å². The van der Waals surface area contributed by atoms with Crippen molar-refractivity contribution in [2.24, 2.45) is 0 Å². The Bertz CT molecular complexity index is 1200. The molecular formula is C21H13F4N3O. The van der Waals surface area contributed by atoms with Crippen molar-refractivity contribution >= 4 is 22.8 Å². The van der Waals surface area contributed by atoms with Gasteiger partial charge in [-0.15, -0.1) is 0 Å². The van der Waals surface area contributed by atoms with Gasteiger partial charge in [0.2, 0.25) is 0 Å². The van der Waals surface area contributed by atoms with E-state index >= 15 is 0 Å². The summed E-state index contributed by atoms with van der Waals surface area (Å²) in [5.41, 5.74) is 0.0992. The molecule has 0 bridgehead atoms. The molecule has 2 aromatic heterocycles. The molecule has 0 radical (unpaired) electrons. The fourth-order valence-electron chi connectivity index (χ4n) is 2.98. The van der Waals surface area contributed by atoms with Gasteiger partial charge in [-0.05, 0) is 48.5 Å². The summed E-state index contributed by atoms with van der Waals surface area (Å²) >= 11 is 0. The Labute approximate surface area is 162 Å². The first-order valence-corrected chi connectivity index (χ1v) is 8.54. The zero-order valence-corrected chi connectivity index (χ0v) is 14.7. The van der Waals surface area contributed by atoms with E-state index in [1.54, 1.807) is 12.1 Å². The Hall–Kier alpha value is -3.68.